The van der Waals surface area contributed by atoms with Crippen LogP contribution < -0.4 is 5.32 Å². The Hall–Kier alpha value is -1.71. The van der Waals surface area contributed by atoms with E-state index in [0.717, 1.165) is 5.56 Å². The zero-order chi connectivity index (χ0) is 9.97. The number of aliphatic imine (C=N–C) groups is 1. The van der Waals surface area contributed by atoms with Gasteiger partial charge >= 0.3 is 0 Å². The van der Waals surface area contributed by atoms with E-state index in [2.05, 4.69) is 10.3 Å². The summed E-state index contributed by atoms with van der Waals surface area (Å²) >= 11 is 0. The van der Waals surface area contributed by atoms with Gasteiger partial charge in [-0.1, -0.05) is 12.1 Å². The molecule has 1 aliphatic rings. The molecule has 0 fully saturated rings. The molecule has 1 aromatic carbocycles. The highest BCUT2D eigenvalue weighted by atomic mass is 19.1. The molecule has 1 amide bonds. The Balaban J connectivity index is 2.04. The number of hydrogen-bond acceptors (Lipinski definition) is 2. The van der Waals surface area contributed by atoms with E-state index in [4.69, 9.17) is 0 Å². The van der Waals surface area contributed by atoms with E-state index in [1.807, 2.05) is 0 Å². The van der Waals surface area contributed by atoms with Crippen molar-refractivity contribution in [3.05, 3.63) is 35.6 Å². The van der Waals surface area contributed by atoms with Crippen LogP contribution in [0.1, 0.15) is 5.56 Å². The minimum atomic E-state index is -0.258. The van der Waals surface area contributed by atoms with Crippen LogP contribution in [-0.2, 0) is 11.2 Å². The number of carbonyl (C=O) groups excluding carboxylic acids is 1. The number of rotatable bonds is 2. The number of hydrogen-bond donors (Lipinski definition) is 1. The van der Waals surface area contributed by atoms with Gasteiger partial charge in [0, 0.05) is 6.42 Å². The third-order valence-corrected chi connectivity index (χ3v) is 1.98. The lowest BCUT2D eigenvalue weighted by atomic mass is 10.1. The average molecular weight is 192 g/mol. The van der Waals surface area contributed by atoms with Gasteiger partial charge in [-0.05, 0) is 17.7 Å². The Morgan fingerprint density at radius 2 is 2.07 bits per heavy atom. The lowest BCUT2D eigenvalue weighted by Gasteiger charge is -2.00. The molecule has 0 saturated heterocycles. The predicted molar refractivity (Wildman–Crippen MR) is 50.5 cm³/mol. The highest BCUT2D eigenvalue weighted by Crippen LogP contribution is 2.05. The van der Waals surface area contributed by atoms with E-state index >= 15 is 0 Å². The van der Waals surface area contributed by atoms with Gasteiger partial charge in [0.1, 0.15) is 18.2 Å². The SMILES string of the molecule is O=C1CN=C(Cc2ccc(F)cc2)N1. The van der Waals surface area contributed by atoms with Crippen molar-refractivity contribution in [2.75, 3.05) is 6.54 Å². The van der Waals surface area contributed by atoms with E-state index in [9.17, 15) is 9.18 Å². The standard InChI is InChI=1S/C10H9FN2O/c11-8-3-1-7(2-4-8)5-9-12-6-10(14)13-9/h1-4H,5-6H2,(H,12,13,14). The van der Waals surface area contributed by atoms with E-state index in [1.165, 1.54) is 12.1 Å². The van der Waals surface area contributed by atoms with Crippen molar-refractivity contribution in [1.29, 1.82) is 0 Å². The Morgan fingerprint density at radius 3 is 2.64 bits per heavy atom. The molecule has 0 saturated carbocycles. The number of amides is 1. The quantitative estimate of drug-likeness (QED) is 0.743. The third kappa shape index (κ3) is 1.96. The van der Waals surface area contributed by atoms with Crippen LogP contribution in [0.5, 0.6) is 0 Å². The summed E-state index contributed by atoms with van der Waals surface area (Å²) in [5, 5.41) is 2.63. The van der Waals surface area contributed by atoms with Crippen LogP contribution in [0.3, 0.4) is 0 Å². The maximum Gasteiger partial charge on any atom is 0.247 e. The Bertz CT molecular complexity index is 384. The molecule has 1 N–H and O–H groups in total. The van der Waals surface area contributed by atoms with Gasteiger partial charge in [-0.3, -0.25) is 9.79 Å². The fourth-order valence-electron chi connectivity index (χ4n) is 1.30. The summed E-state index contributed by atoms with van der Waals surface area (Å²) in [5.74, 6) is 0.315. The summed E-state index contributed by atoms with van der Waals surface area (Å²) < 4.78 is 12.6. The smallest absolute Gasteiger partial charge is 0.247 e. The lowest BCUT2D eigenvalue weighted by molar-refractivity contribution is -0.117. The summed E-state index contributed by atoms with van der Waals surface area (Å²) in [6.45, 7) is 0.205. The molecule has 72 valence electrons. The largest absolute Gasteiger partial charge is 0.313 e. The van der Waals surface area contributed by atoms with Gasteiger partial charge < -0.3 is 5.32 Å². The second kappa shape index (κ2) is 3.57. The molecule has 0 unspecified atom stereocenters. The molecule has 0 atom stereocenters. The van der Waals surface area contributed by atoms with Crippen molar-refractivity contribution in [1.82, 2.24) is 5.32 Å². The van der Waals surface area contributed by atoms with Crippen LogP contribution in [0, 0.1) is 5.82 Å². The second-order valence-corrected chi connectivity index (χ2v) is 3.11. The average Bonchev–Trinajstić information content (AvgIpc) is 2.56. The zero-order valence-corrected chi connectivity index (χ0v) is 7.46. The van der Waals surface area contributed by atoms with Crippen molar-refractivity contribution in [3.63, 3.8) is 0 Å². The molecule has 0 bridgehead atoms. The number of amidine groups is 1. The van der Waals surface area contributed by atoms with E-state index in [1.54, 1.807) is 12.1 Å². The molecular weight excluding hydrogens is 183 g/mol. The zero-order valence-electron chi connectivity index (χ0n) is 7.46. The molecule has 1 aliphatic heterocycles. The summed E-state index contributed by atoms with van der Waals surface area (Å²) in [6, 6.07) is 6.16. The van der Waals surface area contributed by atoms with Crippen LogP contribution in [0.4, 0.5) is 4.39 Å². The Labute approximate surface area is 80.7 Å². The van der Waals surface area contributed by atoms with Crippen LogP contribution in [0.15, 0.2) is 29.3 Å². The van der Waals surface area contributed by atoms with Gasteiger partial charge in [-0.15, -0.1) is 0 Å². The van der Waals surface area contributed by atoms with Gasteiger partial charge in [0.25, 0.3) is 0 Å². The number of nitrogens with one attached hydrogen (secondary N) is 1. The Morgan fingerprint density at radius 1 is 1.36 bits per heavy atom. The first-order chi connectivity index (χ1) is 6.74. The molecule has 3 nitrogen and oxygen atoms in total. The highest BCUT2D eigenvalue weighted by molar-refractivity contribution is 6.04. The first kappa shape index (κ1) is 8.87. The maximum absolute atomic E-state index is 12.6. The molecule has 14 heavy (non-hydrogen) atoms. The molecule has 0 spiro atoms. The lowest BCUT2D eigenvalue weighted by Crippen LogP contribution is -2.25. The molecular formula is C10H9FN2O. The van der Waals surface area contributed by atoms with Crippen LogP contribution in [-0.4, -0.2) is 18.3 Å². The number of halogens is 1. The van der Waals surface area contributed by atoms with Gasteiger partial charge in [0.05, 0.1) is 0 Å². The third-order valence-electron chi connectivity index (χ3n) is 1.98. The van der Waals surface area contributed by atoms with Crippen LogP contribution >= 0.6 is 0 Å². The topological polar surface area (TPSA) is 41.5 Å². The summed E-state index contributed by atoms with van der Waals surface area (Å²) in [7, 11) is 0. The van der Waals surface area contributed by atoms with Crippen LogP contribution in [0.25, 0.3) is 0 Å². The molecule has 1 aromatic rings. The summed E-state index contributed by atoms with van der Waals surface area (Å²) in [4.78, 5) is 14.8. The van der Waals surface area contributed by atoms with E-state index in [-0.39, 0.29) is 18.3 Å². The van der Waals surface area contributed by atoms with Crippen molar-refractivity contribution in [2.24, 2.45) is 4.99 Å². The number of benzene rings is 1. The van der Waals surface area contributed by atoms with Crippen molar-refractivity contribution in [2.45, 2.75) is 6.42 Å². The molecule has 1 heterocycles. The molecule has 0 aliphatic carbocycles. The molecule has 2 rings (SSSR count). The number of carbonyl (C=O) groups is 1. The van der Waals surface area contributed by atoms with Gasteiger partial charge in [-0.25, -0.2) is 4.39 Å². The molecule has 0 radical (unpaired) electrons. The fourth-order valence-corrected chi connectivity index (χ4v) is 1.30. The fraction of sp³-hybridized carbons (Fsp3) is 0.200. The minimum absolute atomic E-state index is 0.0814. The number of nitrogens with zero attached hydrogens (tertiary/aromatic N) is 1. The first-order valence-corrected chi connectivity index (χ1v) is 4.31. The van der Waals surface area contributed by atoms with Crippen molar-refractivity contribution in [3.8, 4) is 0 Å². The first-order valence-electron chi connectivity index (χ1n) is 4.31. The normalized spacial score (nSPS) is 15.2. The summed E-state index contributed by atoms with van der Waals surface area (Å²) in [6.07, 6.45) is 0.548. The van der Waals surface area contributed by atoms with Crippen molar-refractivity contribution >= 4 is 11.7 Å². The van der Waals surface area contributed by atoms with Crippen LogP contribution in [0.2, 0.25) is 0 Å². The minimum Gasteiger partial charge on any atom is -0.313 e. The van der Waals surface area contributed by atoms with E-state index in [0.29, 0.717) is 12.3 Å². The van der Waals surface area contributed by atoms with Gasteiger partial charge in [0.15, 0.2) is 0 Å². The second-order valence-electron chi connectivity index (χ2n) is 3.11. The Kier molecular flexibility index (Phi) is 2.26. The summed E-state index contributed by atoms with van der Waals surface area (Å²) in [5.41, 5.74) is 0.937. The predicted octanol–water partition coefficient (Wildman–Crippen LogP) is 0.897. The van der Waals surface area contributed by atoms with Gasteiger partial charge in [0.2, 0.25) is 5.91 Å². The maximum atomic E-state index is 12.6. The molecule has 4 heteroatoms. The van der Waals surface area contributed by atoms with Gasteiger partial charge in [-0.2, -0.15) is 0 Å². The van der Waals surface area contributed by atoms with Crippen molar-refractivity contribution < 1.29 is 9.18 Å². The highest BCUT2D eigenvalue weighted by Gasteiger charge is 2.12. The molecule has 0 aromatic heterocycles. The monoisotopic (exact) mass is 192 g/mol. The van der Waals surface area contributed by atoms with E-state index < -0.39 is 0 Å².